The molecular weight excluding hydrogens is 468 g/mol. The van der Waals surface area contributed by atoms with Gasteiger partial charge in [0.15, 0.2) is 5.16 Å². The molecule has 0 saturated carbocycles. The summed E-state index contributed by atoms with van der Waals surface area (Å²) in [5.41, 5.74) is 2.35. The molecule has 0 unspecified atom stereocenters. The van der Waals surface area contributed by atoms with Crippen LogP contribution in [0.25, 0.3) is 10.2 Å². The monoisotopic (exact) mass is 492 g/mol. The fourth-order valence-corrected chi connectivity index (χ4v) is 5.83. The maximum Gasteiger partial charge on any atom is 0.253 e. The molecule has 0 bridgehead atoms. The molecule has 0 atom stereocenters. The molecule has 4 aromatic rings. The summed E-state index contributed by atoms with van der Waals surface area (Å²) < 4.78 is 2.98. The summed E-state index contributed by atoms with van der Waals surface area (Å²) in [5.74, 6) is 0.525. The predicted octanol–water partition coefficient (Wildman–Crippen LogP) is 4.18. The van der Waals surface area contributed by atoms with E-state index in [0.29, 0.717) is 22.3 Å². The van der Waals surface area contributed by atoms with Gasteiger partial charge in [-0.25, -0.2) is 4.98 Å². The number of carbonyl (C=O) groups is 2. The first-order valence-electron chi connectivity index (χ1n) is 11.1. The van der Waals surface area contributed by atoms with Crippen LogP contribution in [0, 0.1) is 0 Å². The molecule has 174 valence electrons. The summed E-state index contributed by atoms with van der Waals surface area (Å²) in [6.07, 6.45) is 3.44. The van der Waals surface area contributed by atoms with Gasteiger partial charge in [-0.05, 0) is 49.2 Å². The van der Waals surface area contributed by atoms with Crippen molar-refractivity contribution in [3.8, 4) is 0 Å². The smallest absolute Gasteiger partial charge is 0.253 e. The molecule has 1 fully saturated rings. The number of carbonyl (C=O) groups excluding carboxylic acids is 2. The molecule has 3 heterocycles. The number of thiazole rings is 1. The zero-order valence-corrected chi connectivity index (χ0v) is 20.3. The number of likely N-dealkylation sites (tertiary alicyclic amines) is 1. The van der Waals surface area contributed by atoms with E-state index in [1.54, 1.807) is 46.5 Å². The van der Waals surface area contributed by atoms with Gasteiger partial charge < -0.3 is 14.8 Å². The number of rotatable bonds is 6. The molecule has 5 rings (SSSR count). The fraction of sp³-hybridized carbons (Fsp3) is 0.292. The molecule has 2 aromatic heterocycles. The van der Waals surface area contributed by atoms with Gasteiger partial charge in [-0.2, -0.15) is 0 Å². The van der Waals surface area contributed by atoms with Gasteiger partial charge in [-0.1, -0.05) is 23.9 Å². The maximum atomic E-state index is 13.0. The van der Waals surface area contributed by atoms with Gasteiger partial charge in [0.2, 0.25) is 5.91 Å². The third kappa shape index (κ3) is 4.97. The quantitative estimate of drug-likeness (QED) is 0.406. The van der Waals surface area contributed by atoms with E-state index in [1.807, 2.05) is 24.1 Å². The minimum Gasteiger partial charge on any atom is -0.339 e. The standard InChI is InChI=1S/C24H24N6O2S2/c1-29-15-25-28-24(29)33-14-21(31)26-18-8-6-17(7-9-18)23(32)30-12-10-16(11-13-30)22-27-19-4-2-3-5-20(19)34-22/h2-9,15-16H,10-14H2,1H3,(H,26,31). The molecule has 0 spiro atoms. The Labute approximate surface area is 205 Å². The fourth-order valence-electron chi connectivity index (χ4n) is 4.00. The van der Waals surface area contributed by atoms with Crippen molar-refractivity contribution in [2.75, 3.05) is 24.2 Å². The van der Waals surface area contributed by atoms with Gasteiger partial charge in [-0.15, -0.1) is 21.5 Å². The van der Waals surface area contributed by atoms with Crippen LogP contribution in [-0.4, -0.2) is 55.3 Å². The van der Waals surface area contributed by atoms with E-state index in [1.165, 1.54) is 21.5 Å². The van der Waals surface area contributed by atoms with Crippen LogP contribution in [0.15, 0.2) is 60.0 Å². The highest BCUT2D eigenvalue weighted by Crippen LogP contribution is 2.34. The molecule has 34 heavy (non-hydrogen) atoms. The highest BCUT2D eigenvalue weighted by Gasteiger charge is 2.26. The number of thioether (sulfide) groups is 1. The lowest BCUT2D eigenvalue weighted by atomic mass is 9.97. The van der Waals surface area contributed by atoms with Crippen molar-refractivity contribution < 1.29 is 9.59 Å². The number of hydrogen-bond donors (Lipinski definition) is 1. The SMILES string of the molecule is Cn1cnnc1SCC(=O)Nc1ccc(C(=O)N2CCC(c3nc4ccccc4s3)CC2)cc1. The zero-order valence-electron chi connectivity index (χ0n) is 18.7. The highest BCUT2D eigenvalue weighted by molar-refractivity contribution is 7.99. The Morgan fingerprint density at radius 2 is 1.88 bits per heavy atom. The summed E-state index contributed by atoms with van der Waals surface area (Å²) in [4.78, 5) is 31.9. The summed E-state index contributed by atoms with van der Waals surface area (Å²) >= 11 is 3.08. The van der Waals surface area contributed by atoms with Gasteiger partial charge >= 0.3 is 0 Å². The van der Waals surface area contributed by atoms with Crippen LogP contribution in [0.1, 0.15) is 34.1 Å². The number of piperidine rings is 1. The number of nitrogens with one attached hydrogen (secondary N) is 1. The van der Waals surface area contributed by atoms with Crippen LogP contribution in [0.2, 0.25) is 0 Å². The van der Waals surface area contributed by atoms with Gasteiger partial charge in [0.25, 0.3) is 5.91 Å². The van der Waals surface area contributed by atoms with Crippen LogP contribution >= 0.6 is 23.1 Å². The van der Waals surface area contributed by atoms with Gasteiger partial charge in [-0.3, -0.25) is 9.59 Å². The van der Waals surface area contributed by atoms with E-state index in [9.17, 15) is 9.59 Å². The Morgan fingerprint density at radius 1 is 1.12 bits per heavy atom. The lowest BCUT2D eigenvalue weighted by Crippen LogP contribution is -2.37. The van der Waals surface area contributed by atoms with Crippen molar-refractivity contribution in [1.29, 1.82) is 0 Å². The second kappa shape index (κ2) is 9.94. The molecule has 0 aliphatic carbocycles. The first kappa shape index (κ1) is 22.5. The summed E-state index contributed by atoms with van der Waals surface area (Å²) in [6, 6.07) is 15.3. The maximum absolute atomic E-state index is 13.0. The number of amides is 2. The summed E-state index contributed by atoms with van der Waals surface area (Å²) in [5, 5.41) is 12.5. The van der Waals surface area contributed by atoms with Crippen molar-refractivity contribution in [3.05, 3.63) is 65.4 Å². The number of anilines is 1. The summed E-state index contributed by atoms with van der Waals surface area (Å²) in [6.45, 7) is 1.44. The minimum absolute atomic E-state index is 0.0264. The van der Waals surface area contributed by atoms with Crippen LogP contribution in [-0.2, 0) is 11.8 Å². The Morgan fingerprint density at radius 3 is 2.59 bits per heavy atom. The van der Waals surface area contributed by atoms with E-state index >= 15 is 0 Å². The lowest BCUT2D eigenvalue weighted by molar-refractivity contribution is -0.113. The average Bonchev–Trinajstić information content (AvgIpc) is 3.49. The first-order valence-corrected chi connectivity index (χ1v) is 12.9. The van der Waals surface area contributed by atoms with Gasteiger partial charge in [0.1, 0.15) is 6.33 Å². The Bertz CT molecular complexity index is 1280. The van der Waals surface area contributed by atoms with Crippen LogP contribution in [0.3, 0.4) is 0 Å². The second-order valence-corrected chi connectivity index (χ2v) is 10.2. The van der Waals surface area contributed by atoms with E-state index in [2.05, 4.69) is 27.6 Å². The van der Waals surface area contributed by atoms with Crippen molar-refractivity contribution in [2.45, 2.75) is 23.9 Å². The molecule has 1 aliphatic heterocycles. The second-order valence-electron chi connectivity index (χ2n) is 8.22. The van der Waals surface area contributed by atoms with E-state index in [-0.39, 0.29) is 17.6 Å². The predicted molar refractivity (Wildman–Crippen MR) is 134 cm³/mol. The van der Waals surface area contributed by atoms with Crippen LogP contribution < -0.4 is 5.32 Å². The van der Waals surface area contributed by atoms with Crippen molar-refractivity contribution in [3.63, 3.8) is 0 Å². The minimum atomic E-state index is -0.135. The largest absolute Gasteiger partial charge is 0.339 e. The highest BCUT2D eigenvalue weighted by atomic mass is 32.2. The van der Waals surface area contributed by atoms with Crippen molar-refractivity contribution >= 4 is 50.8 Å². The van der Waals surface area contributed by atoms with Gasteiger partial charge in [0, 0.05) is 37.3 Å². The number of hydrogen-bond acceptors (Lipinski definition) is 7. The Hall–Kier alpha value is -3.24. The zero-order chi connectivity index (χ0) is 23.5. The van der Waals surface area contributed by atoms with Gasteiger partial charge in [0.05, 0.1) is 21.0 Å². The number of nitrogens with zero attached hydrogens (tertiary/aromatic N) is 5. The van der Waals surface area contributed by atoms with Crippen LogP contribution in [0.4, 0.5) is 5.69 Å². The van der Waals surface area contributed by atoms with Crippen molar-refractivity contribution in [2.24, 2.45) is 7.05 Å². The third-order valence-corrected chi connectivity index (χ3v) is 8.09. The Kier molecular flexibility index (Phi) is 6.59. The van der Waals surface area contributed by atoms with Crippen molar-refractivity contribution in [1.82, 2.24) is 24.6 Å². The number of para-hydroxylation sites is 1. The molecule has 2 amide bonds. The number of benzene rings is 2. The molecule has 1 aliphatic rings. The molecular formula is C24H24N6O2S2. The molecule has 1 N–H and O–H groups in total. The molecule has 10 heteroatoms. The number of aryl methyl sites for hydroxylation is 1. The lowest BCUT2D eigenvalue weighted by Gasteiger charge is -2.31. The van der Waals surface area contributed by atoms with E-state index in [4.69, 9.17) is 4.98 Å². The van der Waals surface area contributed by atoms with Crippen LogP contribution in [0.5, 0.6) is 0 Å². The topological polar surface area (TPSA) is 93.0 Å². The molecule has 8 nitrogen and oxygen atoms in total. The average molecular weight is 493 g/mol. The first-order chi connectivity index (χ1) is 16.6. The Balaban J connectivity index is 1.13. The third-order valence-electron chi connectivity index (χ3n) is 5.86. The normalized spacial score (nSPS) is 14.4. The molecule has 1 saturated heterocycles. The molecule has 2 aromatic carbocycles. The number of fused-ring (bicyclic) bond motifs is 1. The van der Waals surface area contributed by atoms with E-state index in [0.717, 1.165) is 31.4 Å². The molecule has 0 radical (unpaired) electrons. The van der Waals surface area contributed by atoms with E-state index < -0.39 is 0 Å². The summed E-state index contributed by atoms with van der Waals surface area (Å²) in [7, 11) is 1.83. The number of aromatic nitrogens is 4.